The van der Waals surface area contributed by atoms with E-state index in [-0.39, 0.29) is 18.3 Å². The second-order valence-electron chi connectivity index (χ2n) is 5.33. The molecule has 0 fully saturated rings. The average molecular weight is 319 g/mol. The van der Waals surface area contributed by atoms with Crippen LogP contribution in [-0.4, -0.2) is 19.0 Å². The standard InChI is InChI=1S/C18H22N2O.ClH/c1-14-7-6-8-15(2)18(14)20-17(21)13-19-12-11-16-9-4-3-5-10-16;/h3-10,19H,11-13H2,1-2H3,(H,20,21);1H. The van der Waals surface area contributed by atoms with E-state index in [1.54, 1.807) is 0 Å². The molecule has 0 aliphatic heterocycles. The predicted octanol–water partition coefficient (Wildman–Crippen LogP) is -0.948. The number of nitrogens with two attached hydrogens (primary N) is 1. The summed E-state index contributed by atoms with van der Waals surface area (Å²) in [6, 6.07) is 16.4. The van der Waals surface area contributed by atoms with Gasteiger partial charge in [-0.25, -0.2) is 0 Å². The molecule has 118 valence electrons. The van der Waals surface area contributed by atoms with Gasteiger partial charge in [-0.15, -0.1) is 0 Å². The van der Waals surface area contributed by atoms with Gasteiger partial charge in [0.15, 0.2) is 6.54 Å². The van der Waals surface area contributed by atoms with E-state index in [0.717, 1.165) is 29.8 Å². The van der Waals surface area contributed by atoms with Gasteiger partial charge < -0.3 is 23.0 Å². The molecule has 0 aliphatic carbocycles. The Morgan fingerprint density at radius 3 is 2.27 bits per heavy atom. The number of carbonyl (C=O) groups excluding carboxylic acids is 1. The molecule has 4 heteroatoms. The summed E-state index contributed by atoms with van der Waals surface area (Å²) in [6.45, 7) is 5.41. The number of quaternary nitrogens is 1. The molecule has 2 aromatic rings. The van der Waals surface area contributed by atoms with Crippen LogP contribution in [0.4, 0.5) is 5.69 Å². The Morgan fingerprint density at radius 1 is 1.00 bits per heavy atom. The second-order valence-corrected chi connectivity index (χ2v) is 5.33. The van der Waals surface area contributed by atoms with Crippen LogP contribution in [0.25, 0.3) is 0 Å². The molecular formula is C18H23ClN2O. The summed E-state index contributed by atoms with van der Waals surface area (Å²) in [6.07, 6.45) is 0.984. The van der Waals surface area contributed by atoms with Crippen molar-refractivity contribution in [1.29, 1.82) is 0 Å². The number of carbonyl (C=O) groups is 1. The van der Waals surface area contributed by atoms with Crippen molar-refractivity contribution < 1.29 is 22.5 Å². The Bertz CT molecular complexity index is 579. The van der Waals surface area contributed by atoms with Gasteiger partial charge in [-0.1, -0.05) is 48.5 Å². The maximum Gasteiger partial charge on any atom is 0.279 e. The minimum absolute atomic E-state index is 0. The maximum atomic E-state index is 12.0. The van der Waals surface area contributed by atoms with Gasteiger partial charge in [-0.05, 0) is 30.5 Å². The first-order chi connectivity index (χ1) is 10.2. The van der Waals surface area contributed by atoms with E-state index in [1.165, 1.54) is 5.56 Å². The SMILES string of the molecule is Cc1cccc(C)c1NC(=O)C[NH2+]CCc1ccccc1.[Cl-]. The van der Waals surface area contributed by atoms with Crippen LogP contribution in [0.3, 0.4) is 0 Å². The van der Waals surface area contributed by atoms with Gasteiger partial charge in [0.2, 0.25) is 0 Å². The van der Waals surface area contributed by atoms with Crippen molar-refractivity contribution in [3.05, 3.63) is 65.2 Å². The molecule has 22 heavy (non-hydrogen) atoms. The molecule has 0 aromatic heterocycles. The number of para-hydroxylation sites is 1. The lowest BCUT2D eigenvalue weighted by Crippen LogP contribution is -3.00. The van der Waals surface area contributed by atoms with Crippen molar-refractivity contribution in [2.45, 2.75) is 20.3 Å². The molecule has 3 nitrogen and oxygen atoms in total. The molecule has 0 heterocycles. The Morgan fingerprint density at radius 2 is 1.64 bits per heavy atom. The van der Waals surface area contributed by atoms with Crippen molar-refractivity contribution in [1.82, 2.24) is 0 Å². The highest BCUT2D eigenvalue weighted by atomic mass is 35.5. The minimum Gasteiger partial charge on any atom is -1.00 e. The van der Waals surface area contributed by atoms with Crippen LogP contribution in [-0.2, 0) is 11.2 Å². The van der Waals surface area contributed by atoms with E-state index in [4.69, 9.17) is 0 Å². The number of rotatable bonds is 6. The molecule has 3 N–H and O–H groups in total. The molecule has 1 amide bonds. The van der Waals surface area contributed by atoms with Gasteiger partial charge in [0.05, 0.1) is 6.54 Å². The highest BCUT2D eigenvalue weighted by Crippen LogP contribution is 2.18. The summed E-state index contributed by atoms with van der Waals surface area (Å²) in [7, 11) is 0. The van der Waals surface area contributed by atoms with Gasteiger partial charge in [0.1, 0.15) is 0 Å². The van der Waals surface area contributed by atoms with Crippen molar-refractivity contribution in [2.75, 3.05) is 18.4 Å². The van der Waals surface area contributed by atoms with E-state index in [0.29, 0.717) is 6.54 Å². The summed E-state index contributed by atoms with van der Waals surface area (Å²) in [5.74, 6) is 0.0560. The predicted molar refractivity (Wildman–Crippen MR) is 86.4 cm³/mol. The molecule has 0 saturated carbocycles. The molecule has 0 atom stereocenters. The molecule has 0 aliphatic rings. The number of nitrogens with one attached hydrogen (secondary N) is 1. The van der Waals surface area contributed by atoms with Crippen LogP contribution in [0, 0.1) is 13.8 Å². The molecular weight excluding hydrogens is 296 g/mol. The van der Waals surface area contributed by atoms with E-state index in [9.17, 15) is 4.79 Å². The van der Waals surface area contributed by atoms with E-state index >= 15 is 0 Å². The lowest BCUT2D eigenvalue weighted by molar-refractivity contribution is -0.643. The Labute approximate surface area is 138 Å². The van der Waals surface area contributed by atoms with Crippen LogP contribution in [0.2, 0.25) is 0 Å². The van der Waals surface area contributed by atoms with Gasteiger partial charge in [-0.2, -0.15) is 0 Å². The fraction of sp³-hybridized carbons (Fsp3) is 0.278. The number of anilines is 1. The zero-order valence-electron chi connectivity index (χ0n) is 13.1. The Balaban J connectivity index is 0.00000242. The average Bonchev–Trinajstić information content (AvgIpc) is 2.49. The zero-order chi connectivity index (χ0) is 15.1. The first kappa shape index (κ1) is 18.2. The first-order valence-corrected chi connectivity index (χ1v) is 7.38. The first-order valence-electron chi connectivity index (χ1n) is 7.38. The number of hydrogen-bond acceptors (Lipinski definition) is 1. The molecule has 0 radical (unpaired) electrons. The number of benzene rings is 2. The number of aryl methyl sites for hydroxylation is 2. The third-order valence-electron chi connectivity index (χ3n) is 3.56. The summed E-state index contributed by atoms with van der Waals surface area (Å²) in [4.78, 5) is 12.0. The fourth-order valence-corrected chi connectivity index (χ4v) is 2.35. The smallest absolute Gasteiger partial charge is 0.279 e. The molecule has 2 aromatic carbocycles. The number of amides is 1. The van der Waals surface area contributed by atoms with E-state index in [1.807, 2.05) is 50.2 Å². The lowest BCUT2D eigenvalue weighted by Gasteiger charge is -2.10. The van der Waals surface area contributed by atoms with Crippen molar-refractivity contribution in [2.24, 2.45) is 0 Å². The lowest BCUT2D eigenvalue weighted by atomic mass is 10.1. The van der Waals surface area contributed by atoms with Crippen LogP contribution < -0.4 is 23.0 Å². The Kier molecular flexibility index (Phi) is 7.64. The van der Waals surface area contributed by atoms with Crippen molar-refractivity contribution in [3.63, 3.8) is 0 Å². The van der Waals surface area contributed by atoms with Gasteiger partial charge in [0.25, 0.3) is 5.91 Å². The number of halogens is 1. The second kappa shape index (κ2) is 9.23. The molecule has 0 unspecified atom stereocenters. The summed E-state index contributed by atoms with van der Waals surface area (Å²) in [5.41, 5.74) is 4.46. The third-order valence-corrected chi connectivity index (χ3v) is 3.56. The summed E-state index contributed by atoms with van der Waals surface area (Å²) in [5, 5.41) is 5.06. The van der Waals surface area contributed by atoms with Gasteiger partial charge >= 0.3 is 0 Å². The largest absolute Gasteiger partial charge is 1.00 e. The zero-order valence-corrected chi connectivity index (χ0v) is 13.9. The van der Waals surface area contributed by atoms with Crippen molar-refractivity contribution >= 4 is 11.6 Å². The van der Waals surface area contributed by atoms with Gasteiger partial charge in [-0.3, -0.25) is 4.79 Å². The Hall–Kier alpha value is -1.84. The monoisotopic (exact) mass is 318 g/mol. The number of hydrogen-bond donors (Lipinski definition) is 2. The van der Waals surface area contributed by atoms with Crippen LogP contribution in [0.5, 0.6) is 0 Å². The van der Waals surface area contributed by atoms with E-state index in [2.05, 4.69) is 22.8 Å². The van der Waals surface area contributed by atoms with E-state index < -0.39 is 0 Å². The topological polar surface area (TPSA) is 45.7 Å². The summed E-state index contributed by atoms with van der Waals surface area (Å²) < 4.78 is 0. The normalized spacial score (nSPS) is 9.91. The third kappa shape index (κ3) is 5.51. The van der Waals surface area contributed by atoms with Crippen LogP contribution >= 0.6 is 0 Å². The molecule has 2 rings (SSSR count). The minimum atomic E-state index is 0. The summed E-state index contributed by atoms with van der Waals surface area (Å²) >= 11 is 0. The van der Waals surface area contributed by atoms with Crippen LogP contribution in [0.15, 0.2) is 48.5 Å². The molecule has 0 bridgehead atoms. The highest BCUT2D eigenvalue weighted by Gasteiger charge is 2.08. The highest BCUT2D eigenvalue weighted by molar-refractivity contribution is 5.92. The quantitative estimate of drug-likeness (QED) is 0.663. The van der Waals surface area contributed by atoms with Gasteiger partial charge in [0, 0.05) is 12.1 Å². The molecule has 0 saturated heterocycles. The fourth-order valence-electron chi connectivity index (χ4n) is 2.35. The molecule has 0 spiro atoms. The maximum absolute atomic E-state index is 12.0. The van der Waals surface area contributed by atoms with Crippen molar-refractivity contribution in [3.8, 4) is 0 Å². The van der Waals surface area contributed by atoms with Crippen LogP contribution in [0.1, 0.15) is 16.7 Å².